The number of hydrogen-bond donors (Lipinski definition) is 1. The lowest BCUT2D eigenvalue weighted by Gasteiger charge is -2.07. The Morgan fingerprint density at radius 2 is 1.74 bits per heavy atom. The molecule has 0 radical (unpaired) electrons. The molecule has 98 valence electrons. The lowest BCUT2D eigenvalue weighted by Crippen LogP contribution is -1.87. The van der Waals surface area contributed by atoms with Crippen molar-refractivity contribution < 1.29 is 5.11 Å². The van der Waals surface area contributed by atoms with Crippen molar-refractivity contribution in [1.29, 1.82) is 0 Å². The molecule has 1 aromatic rings. The van der Waals surface area contributed by atoms with Crippen molar-refractivity contribution >= 4 is 11.8 Å². The van der Waals surface area contributed by atoms with Gasteiger partial charge in [-0.25, -0.2) is 0 Å². The number of phenols is 1. The van der Waals surface area contributed by atoms with E-state index in [1.165, 1.54) is 5.57 Å². The fourth-order valence-electron chi connectivity index (χ4n) is 2.00. The van der Waals surface area contributed by atoms with Crippen LogP contribution in [-0.2, 0) is 0 Å². The minimum atomic E-state index is 0.309. The summed E-state index contributed by atoms with van der Waals surface area (Å²) < 4.78 is 0. The number of hydrogen-bond acceptors (Lipinski definition) is 2. The number of phenolic OH excluding ortho intramolecular Hbond substituents is 1. The molecule has 0 aliphatic carbocycles. The van der Waals surface area contributed by atoms with Crippen LogP contribution in [0.15, 0.2) is 58.1 Å². The summed E-state index contributed by atoms with van der Waals surface area (Å²) in [7, 11) is 0. The van der Waals surface area contributed by atoms with E-state index in [0.717, 1.165) is 22.3 Å². The SMILES string of the molecule is C/C1=C/C(c2ccccc2O)=C\C(C)=C(C)\C=N/C1. The Morgan fingerprint density at radius 3 is 2.47 bits per heavy atom. The van der Waals surface area contributed by atoms with Crippen LogP contribution in [0.5, 0.6) is 5.75 Å². The van der Waals surface area contributed by atoms with Crippen LogP contribution in [-0.4, -0.2) is 17.9 Å². The minimum Gasteiger partial charge on any atom is -0.507 e. The van der Waals surface area contributed by atoms with Crippen molar-refractivity contribution in [1.82, 2.24) is 0 Å². The molecule has 2 nitrogen and oxygen atoms in total. The third kappa shape index (κ3) is 3.22. The summed E-state index contributed by atoms with van der Waals surface area (Å²) >= 11 is 0. The van der Waals surface area contributed by atoms with Crippen molar-refractivity contribution in [2.45, 2.75) is 20.8 Å². The van der Waals surface area contributed by atoms with E-state index < -0.39 is 0 Å². The van der Waals surface area contributed by atoms with Crippen LogP contribution in [0.25, 0.3) is 5.57 Å². The lowest BCUT2D eigenvalue weighted by molar-refractivity contribution is 0.473. The molecule has 2 heteroatoms. The quantitative estimate of drug-likeness (QED) is 0.801. The summed E-state index contributed by atoms with van der Waals surface area (Å²) in [5.74, 6) is 0.309. The average Bonchev–Trinajstić information content (AvgIpc) is 2.43. The first-order chi connectivity index (χ1) is 9.08. The van der Waals surface area contributed by atoms with Crippen LogP contribution in [0, 0.1) is 0 Å². The Balaban J connectivity index is 2.58. The smallest absolute Gasteiger partial charge is 0.123 e. The summed E-state index contributed by atoms with van der Waals surface area (Å²) in [5.41, 5.74) is 5.37. The zero-order valence-electron chi connectivity index (χ0n) is 11.6. The molecule has 2 rings (SSSR count). The number of aromatic hydroxyl groups is 1. The zero-order valence-corrected chi connectivity index (χ0v) is 11.6. The molecule has 0 atom stereocenters. The number of nitrogens with zero attached hydrogens (tertiary/aromatic N) is 1. The normalized spacial score (nSPS) is 27.3. The molecular weight excluding hydrogens is 234 g/mol. The predicted octanol–water partition coefficient (Wildman–Crippen LogP) is 4.14. The molecule has 0 unspecified atom stereocenters. The van der Waals surface area contributed by atoms with E-state index in [1.807, 2.05) is 24.4 Å². The van der Waals surface area contributed by atoms with Gasteiger partial charge >= 0.3 is 0 Å². The van der Waals surface area contributed by atoms with Gasteiger partial charge in [0, 0.05) is 11.8 Å². The van der Waals surface area contributed by atoms with Crippen molar-refractivity contribution in [2.75, 3.05) is 6.54 Å². The minimum absolute atomic E-state index is 0.309. The van der Waals surface area contributed by atoms with Crippen LogP contribution in [0.4, 0.5) is 0 Å². The van der Waals surface area contributed by atoms with Gasteiger partial charge in [-0.3, -0.25) is 4.99 Å². The number of benzene rings is 1. The summed E-state index contributed by atoms with van der Waals surface area (Å²) in [6.45, 7) is 6.87. The second-order valence-electron chi connectivity index (χ2n) is 4.94. The molecule has 0 aromatic heterocycles. The van der Waals surface area contributed by atoms with Gasteiger partial charge in [0.2, 0.25) is 0 Å². The van der Waals surface area contributed by atoms with Crippen LogP contribution in [0.1, 0.15) is 26.3 Å². The van der Waals surface area contributed by atoms with Gasteiger partial charge in [-0.05, 0) is 43.6 Å². The zero-order chi connectivity index (χ0) is 13.8. The molecule has 1 N–H and O–H groups in total. The first kappa shape index (κ1) is 13.3. The highest BCUT2D eigenvalue weighted by molar-refractivity contribution is 5.85. The molecule has 0 fully saturated rings. The Kier molecular flexibility index (Phi) is 4.00. The Bertz CT molecular complexity index is 603. The summed E-state index contributed by atoms with van der Waals surface area (Å²) in [5, 5.41) is 10.0. The number of allylic oxidation sites excluding steroid dienone is 5. The van der Waals surface area contributed by atoms with Crippen molar-refractivity contribution in [2.24, 2.45) is 4.99 Å². The third-order valence-electron chi connectivity index (χ3n) is 3.24. The lowest BCUT2D eigenvalue weighted by atomic mass is 9.99. The van der Waals surface area contributed by atoms with E-state index in [4.69, 9.17) is 0 Å². The van der Waals surface area contributed by atoms with Crippen molar-refractivity contribution in [3.05, 3.63) is 58.7 Å². The number of aliphatic imine (C=N–C) groups is 1. The van der Waals surface area contributed by atoms with Crippen LogP contribution in [0.3, 0.4) is 0 Å². The van der Waals surface area contributed by atoms with E-state index >= 15 is 0 Å². The topological polar surface area (TPSA) is 32.6 Å². The number of rotatable bonds is 1. The van der Waals surface area contributed by atoms with E-state index in [-0.39, 0.29) is 0 Å². The van der Waals surface area contributed by atoms with Gasteiger partial charge in [0.1, 0.15) is 5.75 Å². The highest BCUT2D eigenvalue weighted by Gasteiger charge is 2.06. The van der Waals surface area contributed by atoms with E-state index in [9.17, 15) is 5.11 Å². The molecule has 0 saturated heterocycles. The van der Waals surface area contributed by atoms with Gasteiger partial charge in [0.05, 0.1) is 6.54 Å². The van der Waals surface area contributed by atoms with Gasteiger partial charge in [-0.15, -0.1) is 0 Å². The fourth-order valence-corrected chi connectivity index (χ4v) is 2.00. The second kappa shape index (κ2) is 5.70. The van der Waals surface area contributed by atoms with E-state index in [1.54, 1.807) is 6.07 Å². The molecule has 1 heterocycles. The molecule has 19 heavy (non-hydrogen) atoms. The first-order valence-corrected chi connectivity index (χ1v) is 6.42. The maximum absolute atomic E-state index is 10.0. The van der Waals surface area contributed by atoms with Gasteiger partial charge in [-0.2, -0.15) is 0 Å². The standard InChI is InChI=1S/C17H19NO/c1-12-8-15(16-6-4-5-7-17(16)19)9-13(2)14(3)11-18-10-12/h4-9,11,19H,10H2,1-3H3/b12-8-,14-13+,15-9+,18-11-. The fraction of sp³-hybridized carbons (Fsp3) is 0.235. The Hall–Kier alpha value is -2.09. The Labute approximate surface area is 114 Å². The average molecular weight is 253 g/mol. The second-order valence-corrected chi connectivity index (χ2v) is 4.94. The van der Waals surface area contributed by atoms with E-state index in [2.05, 4.69) is 37.9 Å². The van der Waals surface area contributed by atoms with Gasteiger partial charge in [0.15, 0.2) is 0 Å². The van der Waals surface area contributed by atoms with Crippen molar-refractivity contribution in [3.8, 4) is 5.75 Å². The maximum Gasteiger partial charge on any atom is 0.123 e. The molecule has 0 saturated carbocycles. The molecule has 1 aliphatic rings. The molecule has 1 aliphatic heterocycles. The third-order valence-corrected chi connectivity index (χ3v) is 3.24. The highest BCUT2D eigenvalue weighted by Crippen LogP contribution is 2.28. The summed E-state index contributed by atoms with van der Waals surface area (Å²) in [4.78, 5) is 4.41. The van der Waals surface area contributed by atoms with Gasteiger partial charge < -0.3 is 5.11 Å². The van der Waals surface area contributed by atoms with Gasteiger partial charge in [0.25, 0.3) is 0 Å². The monoisotopic (exact) mass is 253 g/mol. The Morgan fingerprint density at radius 1 is 1.00 bits per heavy atom. The van der Waals surface area contributed by atoms with Gasteiger partial charge in [-0.1, -0.05) is 35.9 Å². The van der Waals surface area contributed by atoms with Crippen LogP contribution in [0.2, 0.25) is 0 Å². The molecule has 0 bridgehead atoms. The molecule has 0 spiro atoms. The predicted molar refractivity (Wildman–Crippen MR) is 81.6 cm³/mol. The largest absolute Gasteiger partial charge is 0.507 e. The number of para-hydroxylation sites is 1. The first-order valence-electron chi connectivity index (χ1n) is 6.42. The summed E-state index contributed by atoms with van der Waals surface area (Å²) in [6, 6.07) is 7.43. The van der Waals surface area contributed by atoms with E-state index in [0.29, 0.717) is 12.3 Å². The van der Waals surface area contributed by atoms with Crippen LogP contribution < -0.4 is 0 Å². The summed E-state index contributed by atoms with van der Waals surface area (Å²) in [6.07, 6.45) is 6.11. The van der Waals surface area contributed by atoms with Crippen molar-refractivity contribution in [3.63, 3.8) is 0 Å². The molecule has 1 aromatic carbocycles. The molecular formula is C17H19NO. The van der Waals surface area contributed by atoms with Crippen LogP contribution >= 0.6 is 0 Å². The maximum atomic E-state index is 10.0. The molecule has 0 amide bonds. The highest BCUT2D eigenvalue weighted by atomic mass is 16.3.